The molecule has 23 heavy (non-hydrogen) atoms. The summed E-state index contributed by atoms with van der Waals surface area (Å²) in [5.74, 6) is -0.611. The summed E-state index contributed by atoms with van der Waals surface area (Å²) in [6, 6.07) is 5.14. The monoisotopic (exact) mass is 356 g/mol. The van der Waals surface area contributed by atoms with E-state index in [-0.39, 0.29) is 30.3 Å². The van der Waals surface area contributed by atoms with Crippen molar-refractivity contribution in [1.29, 1.82) is 0 Å². The van der Waals surface area contributed by atoms with E-state index in [0.717, 1.165) is 19.4 Å². The normalized spacial score (nSPS) is 24.3. The van der Waals surface area contributed by atoms with Crippen LogP contribution in [0, 0.1) is 5.92 Å². The Hall–Kier alpha value is -1.30. The molecule has 1 aromatic carbocycles. The first-order valence-electron chi connectivity index (χ1n) is 7.70. The highest BCUT2D eigenvalue weighted by Gasteiger charge is 2.36. The number of ether oxygens (including phenoxy) is 1. The predicted molar refractivity (Wildman–Crippen MR) is 88.9 cm³/mol. The minimum atomic E-state index is -0.376. The van der Waals surface area contributed by atoms with E-state index in [1.807, 2.05) is 0 Å². The molecule has 7 heteroatoms. The van der Waals surface area contributed by atoms with Gasteiger partial charge in [-0.1, -0.05) is 29.3 Å². The number of rotatable bonds is 4. The summed E-state index contributed by atoms with van der Waals surface area (Å²) < 4.78 is 5.48. The maximum atomic E-state index is 12.3. The maximum Gasteiger partial charge on any atom is 0.227 e. The lowest BCUT2D eigenvalue weighted by Crippen LogP contribution is -2.37. The predicted octanol–water partition coefficient (Wildman–Crippen LogP) is 2.64. The van der Waals surface area contributed by atoms with Gasteiger partial charge < -0.3 is 15.0 Å². The average molecular weight is 357 g/mol. The number of carbonyl (C=O) groups is 2. The number of anilines is 1. The van der Waals surface area contributed by atoms with Crippen LogP contribution in [0.2, 0.25) is 10.0 Å². The largest absolute Gasteiger partial charge is 0.376 e. The summed E-state index contributed by atoms with van der Waals surface area (Å²) in [4.78, 5) is 26.0. The number of carbonyl (C=O) groups excluding carboxylic acids is 2. The van der Waals surface area contributed by atoms with Gasteiger partial charge in [0.15, 0.2) is 0 Å². The molecule has 0 radical (unpaired) electrons. The molecule has 2 heterocycles. The van der Waals surface area contributed by atoms with Crippen LogP contribution < -0.4 is 10.2 Å². The maximum absolute atomic E-state index is 12.3. The molecule has 2 saturated heterocycles. The lowest BCUT2D eigenvalue weighted by atomic mass is 10.1. The summed E-state index contributed by atoms with van der Waals surface area (Å²) in [5.41, 5.74) is 0.554. The number of nitrogens with one attached hydrogen (secondary N) is 1. The molecule has 2 aliphatic heterocycles. The molecule has 0 bridgehead atoms. The fourth-order valence-electron chi connectivity index (χ4n) is 2.98. The fourth-order valence-corrected chi connectivity index (χ4v) is 3.38. The van der Waals surface area contributed by atoms with Crippen molar-refractivity contribution < 1.29 is 14.3 Å². The number of hydrogen-bond donors (Lipinski definition) is 1. The van der Waals surface area contributed by atoms with Crippen LogP contribution in [0.5, 0.6) is 0 Å². The van der Waals surface area contributed by atoms with Crippen molar-refractivity contribution in [2.24, 2.45) is 5.92 Å². The Bertz CT molecular complexity index is 617. The van der Waals surface area contributed by atoms with Crippen molar-refractivity contribution in [2.45, 2.75) is 25.4 Å². The van der Waals surface area contributed by atoms with E-state index in [0.29, 0.717) is 28.8 Å². The van der Waals surface area contributed by atoms with Gasteiger partial charge in [-0.25, -0.2) is 0 Å². The van der Waals surface area contributed by atoms with Crippen LogP contribution in [-0.4, -0.2) is 37.6 Å². The fraction of sp³-hybridized carbons (Fsp3) is 0.500. The minimum absolute atomic E-state index is 0.0922. The van der Waals surface area contributed by atoms with Gasteiger partial charge in [0.25, 0.3) is 0 Å². The zero-order chi connectivity index (χ0) is 16.4. The van der Waals surface area contributed by atoms with Gasteiger partial charge in [0.2, 0.25) is 11.8 Å². The lowest BCUT2D eigenvalue weighted by molar-refractivity contribution is -0.126. The van der Waals surface area contributed by atoms with Crippen LogP contribution in [0.15, 0.2) is 18.2 Å². The van der Waals surface area contributed by atoms with Crippen molar-refractivity contribution in [3.8, 4) is 0 Å². The number of amides is 2. The van der Waals surface area contributed by atoms with Gasteiger partial charge >= 0.3 is 0 Å². The van der Waals surface area contributed by atoms with E-state index >= 15 is 0 Å². The zero-order valence-corrected chi connectivity index (χ0v) is 14.1. The minimum Gasteiger partial charge on any atom is -0.376 e. The highest BCUT2D eigenvalue weighted by molar-refractivity contribution is 6.44. The summed E-state index contributed by atoms with van der Waals surface area (Å²) in [6.45, 7) is 1.57. The van der Waals surface area contributed by atoms with Crippen molar-refractivity contribution in [3.05, 3.63) is 28.2 Å². The van der Waals surface area contributed by atoms with Gasteiger partial charge in [-0.15, -0.1) is 0 Å². The van der Waals surface area contributed by atoms with Crippen molar-refractivity contribution in [3.63, 3.8) is 0 Å². The zero-order valence-electron chi connectivity index (χ0n) is 12.6. The number of nitrogens with zero attached hydrogens (tertiary/aromatic N) is 1. The molecular formula is C16H18Cl2N2O3. The third-order valence-corrected chi connectivity index (χ3v) is 5.05. The summed E-state index contributed by atoms with van der Waals surface area (Å²) in [6.07, 6.45) is 2.27. The Balaban J connectivity index is 1.62. The van der Waals surface area contributed by atoms with Gasteiger partial charge in [-0.05, 0) is 25.0 Å². The molecule has 2 aliphatic rings. The first-order chi connectivity index (χ1) is 11.1. The highest BCUT2D eigenvalue weighted by atomic mass is 35.5. The Labute approximate surface area is 144 Å². The van der Waals surface area contributed by atoms with Gasteiger partial charge in [0.1, 0.15) is 0 Å². The molecule has 1 N–H and O–H groups in total. The van der Waals surface area contributed by atoms with Crippen LogP contribution in [0.1, 0.15) is 19.3 Å². The van der Waals surface area contributed by atoms with Crippen LogP contribution in [0.3, 0.4) is 0 Å². The van der Waals surface area contributed by atoms with Gasteiger partial charge in [-0.3, -0.25) is 9.59 Å². The highest BCUT2D eigenvalue weighted by Crippen LogP contribution is 2.35. The lowest BCUT2D eigenvalue weighted by Gasteiger charge is -2.19. The van der Waals surface area contributed by atoms with Crippen molar-refractivity contribution in [1.82, 2.24) is 5.32 Å². The van der Waals surface area contributed by atoms with Crippen LogP contribution in [0.4, 0.5) is 5.69 Å². The SMILES string of the molecule is O=C(NCC1CCCO1)C1CC(=O)N(c2cccc(Cl)c2Cl)C1. The standard InChI is InChI=1S/C16H18Cl2N2O3/c17-12-4-1-5-13(15(12)18)20-9-10(7-14(20)21)16(22)19-8-11-3-2-6-23-11/h1,4-5,10-11H,2-3,6-9H2,(H,19,22). The van der Waals surface area contributed by atoms with Crippen LogP contribution >= 0.6 is 23.2 Å². The van der Waals surface area contributed by atoms with Crippen molar-refractivity contribution >= 4 is 40.7 Å². The second kappa shape index (κ2) is 7.07. The molecule has 0 aliphatic carbocycles. The topological polar surface area (TPSA) is 58.6 Å². The van der Waals surface area contributed by atoms with Crippen LogP contribution in [0.25, 0.3) is 0 Å². The molecule has 2 unspecified atom stereocenters. The Kier molecular flexibility index (Phi) is 5.09. The molecule has 5 nitrogen and oxygen atoms in total. The van der Waals surface area contributed by atoms with Crippen LogP contribution in [-0.2, 0) is 14.3 Å². The van der Waals surface area contributed by atoms with E-state index in [1.165, 1.54) is 4.90 Å². The molecule has 0 saturated carbocycles. The molecule has 3 rings (SSSR count). The molecule has 1 aromatic rings. The summed E-state index contributed by atoms with van der Waals surface area (Å²) in [7, 11) is 0. The van der Waals surface area contributed by atoms with Gasteiger partial charge in [-0.2, -0.15) is 0 Å². The molecule has 2 amide bonds. The first-order valence-corrected chi connectivity index (χ1v) is 8.45. The number of hydrogen-bond acceptors (Lipinski definition) is 3. The quantitative estimate of drug-likeness (QED) is 0.901. The summed E-state index contributed by atoms with van der Waals surface area (Å²) >= 11 is 12.2. The Morgan fingerprint density at radius 2 is 2.22 bits per heavy atom. The van der Waals surface area contributed by atoms with Gasteiger partial charge in [0.05, 0.1) is 27.8 Å². The van der Waals surface area contributed by atoms with Crippen molar-refractivity contribution in [2.75, 3.05) is 24.6 Å². The van der Waals surface area contributed by atoms with E-state index in [2.05, 4.69) is 5.32 Å². The summed E-state index contributed by atoms with van der Waals surface area (Å²) in [5, 5.41) is 3.61. The Morgan fingerprint density at radius 1 is 1.39 bits per heavy atom. The molecule has 124 valence electrons. The van der Waals surface area contributed by atoms with E-state index < -0.39 is 0 Å². The van der Waals surface area contributed by atoms with E-state index in [9.17, 15) is 9.59 Å². The molecule has 0 spiro atoms. The molecule has 2 atom stereocenters. The second-order valence-electron chi connectivity index (χ2n) is 5.86. The van der Waals surface area contributed by atoms with E-state index in [4.69, 9.17) is 27.9 Å². The molecule has 0 aromatic heterocycles. The number of benzene rings is 1. The smallest absolute Gasteiger partial charge is 0.227 e. The number of halogens is 2. The Morgan fingerprint density at radius 3 is 2.96 bits per heavy atom. The molecular weight excluding hydrogens is 339 g/mol. The second-order valence-corrected chi connectivity index (χ2v) is 6.64. The van der Waals surface area contributed by atoms with E-state index in [1.54, 1.807) is 18.2 Å². The molecule has 2 fully saturated rings. The van der Waals surface area contributed by atoms with Gasteiger partial charge in [0, 0.05) is 26.1 Å². The third kappa shape index (κ3) is 3.62. The third-order valence-electron chi connectivity index (χ3n) is 4.25. The average Bonchev–Trinajstić information content (AvgIpc) is 3.17. The first kappa shape index (κ1) is 16.6.